The van der Waals surface area contributed by atoms with Crippen LogP contribution in [0.1, 0.15) is 24.0 Å². The van der Waals surface area contributed by atoms with Crippen LogP contribution in [-0.4, -0.2) is 19.8 Å². The quantitative estimate of drug-likeness (QED) is 0.397. The van der Waals surface area contributed by atoms with Gasteiger partial charge in [0.15, 0.2) is 0 Å². The zero-order chi connectivity index (χ0) is 21.5. The fourth-order valence-corrected chi connectivity index (χ4v) is 4.00. The van der Waals surface area contributed by atoms with Gasteiger partial charge in [-0.05, 0) is 60.2 Å². The van der Waals surface area contributed by atoms with Crippen LogP contribution in [0.15, 0.2) is 90.0 Å². The van der Waals surface area contributed by atoms with Crippen LogP contribution in [0.3, 0.4) is 0 Å². The summed E-state index contributed by atoms with van der Waals surface area (Å²) in [6.45, 7) is 0.900. The predicted molar refractivity (Wildman–Crippen MR) is 135 cm³/mol. The SMILES string of the molecule is CNC/C=C\Cc1ccc(-c2ccc(-c3ccc(C4=CCCC=N4)cc3)c(Cl)c2)cc1. The highest BCUT2D eigenvalue weighted by atomic mass is 35.5. The molecule has 1 N–H and O–H groups in total. The van der Waals surface area contributed by atoms with E-state index in [2.05, 4.69) is 95.3 Å². The third-order valence-corrected chi connectivity index (χ3v) is 5.77. The molecule has 3 heteroatoms. The van der Waals surface area contributed by atoms with E-state index in [0.717, 1.165) is 58.8 Å². The average Bonchev–Trinajstić information content (AvgIpc) is 2.83. The average molecular weight is 427 g/mol. The van der Waals surface area contributed by atoms with Crippen molar-refractivity contribution >= 4 is 23.5 Å². The summed E-state index contributed by atoms with van der Waals surface area (Å²) in [5, 5.41) is 3.88. The molecule has 4 rings (SSSR count). The molecule has 0 atom stereocenters. The van der Waals surface area contributed by atoms with E-state index in [0.29, 0.717) is 0 Å². The van der Waals surface area contributed by atoms with Gasteiger partial charge in [0, 0.05) is 23.3 Å². The van der Waals surface area contributed by atoms with Gasteiger partial charge in [-0.25, -0.2) is 0 Å². The smallest absolute Gasteiger partial charge is 0.0658 e. The van der Waals surface area contributed by atoms with Gasteiger partial charge >= 0.3 is 0 Å². The van der Waals surface area contributed by atoms with Crippen LogP contribution in [0.25, 0.3) is 28.0 Å². The molecule has 1 aliphatic rings. The zero-order valence-electron chi connectivity index (χ0n) is 17.8. The molecular formula is C28H27ClN2. The molecule has 0 saturated heterocycles. The Morgan fingerprint density at radius 2 is 1.55 bits per heavy atom. The number of halogens is 1. The second-order valence-corrected chi connectivity index (χ2v) is 8.09. The summed E-state index contributed by atoms with van der Waals surface area (Å²) in [4.78, 5) is 4.50. The Hall–Kier alpha value is -2.94. The summed E-state index contributed by atoms with van der Waals surface area (Å²) in [6, 6.07) is 23.5. The van der Waals surface area contributed by atoms with Gasteiger partial charge in [0.05, 0.1) is 5.70 Å². The fraction of sp³-hybridized carbons (Fsp3) is 0.179. The van der Waals surface area contributed by atoms with E-state index in [-0.39, 0.29) is 0 Å². The van der Waals surface area contributed by atoms with Crippen molar-refractivity contribution in [3.8, 4) is 22.3 Å². The van der Waals surface area contributed by atoms with Gasteiger partial charge in [-0.3, -0.25) is 4.99 Å². The lowest BCUT2D eigenvalue weighted by Gasteiger charge is -2.10. The summed E-state index contributed by atoms with van der Waals surface area (Å²) in [5.74, 6) is 0. The molecule has 31 heavy (non-hydrogen) atoms. The van der Waals surface area contributed by atoms with Crippen molar-refractivity contribution in [1.82, 2.24) is 5.32 Å². The third-order valence-electron chi connectivity index (χ3n) is 5.45. The molecule has 0 fully saturated rings. The van der Waals surface area contributed by atoms with E-state index in [1.807, 2.05) is 13.3 Å². The standard InChI is InChI=1S/C28H27ClN2/c1-30-18-4-2-6-21-8-10-22(11-9-21)25-16-17-26(27(29)20-25)23-12-14-24(15-13-23)28-7-3-5-19-31-28/h2,4,7-17,19-20,30H,3,5-6,18H2,1H3/b4-2-. The lowest BCUT2D eigenvalue weighted by Crippen LogP contribution is -2.03. The largest absolute Gasteiger partial charge is 0.316 e. The van der Waals surface area contributed by atoms with Crippen molar-refractivity contribution < 1.29 is 0 Å². The molecule has 0 radical (unpaired) electrons. The monoisotopic (exact) mass is 426 g/mol. The topological polar surface area (TPSA) is 24.4 Å². The van der Waals surface area contributed by atoms with Crippen molar-refractivity contribution in [3.63, 3.8) is 0 Å². The first-order valence-electron chi connectivity index (χ1n) is 10.8. The number of allylic oxidation sites excluding steroid dienone is 2. The van der Waals surface area contributed by atoms with E-state index in [1.54, 1.807) is 0 Å². The maximum absolute atomic E-state index is 6.68. The number of aliphatic imine (C=N–C) groups is 1. The van der Waals surface area contributed by atoms with Gasteiger partial charge in [-0.1, -0.05) is 90.5 Å². The maximum atomic E-state index is 6.68. The van der Waals surface area contributed by atoms with E-state index < -0.39 is 0 Å². The molecular weight excluding hydrogens is 400 g/mol. The van der Waals surface area contributed by atoms with Crippen LogP contribution in [0.4, 0.5) is 0 Å². The molecule has 0 saturated carbocycles. The number of likely N-dealkylation sites (N-methyl/N-ethyl adjacent to an activating group) is 1. The molecule has 0 aliphatic carbocycles. The highest BCUT2D eigenvalue weighted by Crippen LogP contribution is 2.33. The number of rotatable bonds is 7. The first-order chi connectivity index (χ1) is 15.2. The Bertz CT molecular complexity index is 1110. The molecule has 0 spiro atoms. The third kappa shape index (κ3) is 5.41. The molecule has 3 aromatic carbocycles. The van der Waals surface area contributed by atoms with Gasteiger partial charge < -0.3 is 5.32 Å². The molecule has 3 aromatic rings. The minimum absolute atomic E-state index is 0.763. The summed E-state index contributed by atoms with van der Waals surface area (Å²) in [5.41, 5.74) is 7.97. The predicted octanol–water partition coefficient (Wildman–Crippen LogP) is 7.20. The molecule has 156 valence electrons. The number of nitrogens with zero attached hydrogens (tertiary/aromatic N) is 1. The van der Waals surface area contributed by atoms with Crippen LogP contribution in [0, 0.1) is 0 Å². The first kappa shape index (κ1) is 21.3. The highest BCUT2D eigenvalue weighted by Gasteiger charge is 2.08. The van der Waals surface area contributed by atoms with Crippen LogP contribution in [-0.2, 0) is 6.42 Å². The second kappa shape index (κ2) is 10.4. The van der Waals surface area contributed by atoms with E-state index in [4.69, 9.17) is 11.6 Å². The minimum Gasteiger partial charge on any atom is -0.316 e. The maximum Gasteiger partial charge on any atom is 0.0658 e. The lowest BCUT2D eigenvalue weighted by molar-refractivity contribution is 0.916. The Morgan fingerprint density at radius 1 is 0.839 bits per heavy atom. The van der Waals surface area contributed by atoms with Crippen molar-refractivity contribution in [1.29, 1.82) is 0 Å². The summed E-state index contributed by atoms with van der Waals surface area (Å²) in [6.07, 6.45) is 11.6. The van der Waals surface area contributed by atoms with Gasteiger partial charge in [0.25, 0.3) is 0 Å². The molecule has 1 heterocycles. The van der Waals surface area contributed by atoms with Crippen molar-refractivity contribution in [2.45, 2.75) is 19.3 Å². The minimum atomic E-state index is 0.763. The second-order valence-electron chi connectivity index (χ2n) is 7.68. The molecule has 1 aliphatic heterocycles. The van der Waals surface area contributed by atoms with E-state index >= 15 is 0 Å². The zero-order valence-corrected chi connectivity index (χ0v) is 18.6. The summed E-state index contributed by atoms with van der Waals surface area (Å²) < 4.78 is 0. The molecule has 2 nitrogen and oxygen atoms in total. The van der Waals surface area contributed by atoms with Crippen molar-refractivity contribution in [3.05, 3.63) is 101 Å². The van der Waals surface area contributed by atoms with Crippen molar-refractivity contribution in [2.75, 3.05) is 13.6 Å². The van der Waals surface area contributed by atoms with Gasteiger partial charge in [-0.15, -0.1) is 0 Å². The lowest BCUT2D eigenvalue weighted by atomic mass is 9.98. The highest BCUT2D eigenvalue weighted by molar-refractivity contribution is 6.33. The summed E-state index contributed by atoms with van der Waals surface area (Å²) in [7, 11) is 1.95. The molecule has 0 aromatic heterocycles. The number of nitrogens with one attached hydrogen (secondary N) is 1. The number of hydrogen-bond donors (Lipinski definition) is 1. The molecule has 0 amide bonds. The summed E-state index contributed by atoms with van der Waals surface area (Å²) >= 11 is 6.68. The Morgan fingerprint density at radius 3 is 2.23 bits per heavy atom. The Labute approximate surface area is 190 Å². The van der Waals surface area contributed by atoms with E-state index in [1.165, 1.54) is 11.1 Å². The van der Waals surface area contributed by atoms with Crippen LogP contribution < -0.4 is 5.32 Å². The Balaban J connectivity index is 1.49. The molecule has 0 unspecified atom stereocenters. The van der Waals surface area contributed by atoms with Crippen LogP contribution >= 0.6 is 11.6 Å². The van der Waals surface area contributed by atoms with E-state index in [9.17, 15) is 0 Å². The molecule has 0 bridgehead atoms. The van der Waals surface area contributed by atoms with Crippen molar-refractivity contribution in [2.24, 2.45) is 4.99 Å². The van der Waals surface area contributed by atoms with Gasteiger partial charge in [0.1, 0.15) is 0 Å². The van der Waals surface area contributed by atoms with Gasteiger partial charge in [-0.2, -0.15) is 0 Å². The van der Waals surface area contributed by atoms with Crippen LogP contribution in [0.2, 0.25) is 5.02 Å². The fourth-order valence-electron chi connectivity index (χ4n) is 3.71. The number of hydrogen-bond acceptors (Lipinski definition) is 2. The number of benzene rings is 3. The van der Waals surface area contributed by atoms with Crippen LogP contribution in [0.5, 0.6) is 0 Å². The Kier molecular flexibility index (Phi) is 7.14. The van der Waals surface area contributed by atoms with Gasteiger partial charge in [0.2, 0.25) is 0 Å². The normalized spacial score (nSPS) is 13.5. The first-order valence-corrected chi connectivity index (χ1v) is 11.1.